The number of rotatable bonds is 12. The second-order valence-corrected chi connectivity index (χ2v) is 10.3. The molecule has 11 heteroatoms. The smallest absolute Gasteiger partial charge is 0.303 e. The van der Waals surface area contributed by atoms with Gasteiger partial charge in [-0.05, 0) is 36.4 Å². The van der Waals surface area contributed by atoms with E-state index in [2.05, 4.69) is 0 Å². The highest BCUT2D eigenvalue weighted by atomic mass is 35.5. The maximum absolute atomic E-state index is 13.1. The topological polar surface area (TPSA) is 88.1 Å². The highest BCUT2D eigenvalue weighted by molar-refractivity contribution is 7.91. The van der Waals surface area contributed by atoms with Crippen LogP contribution in [0.15, 0.2) is 46.2 Å². The number of halogens is 3. The Kier molecular flexibility index (Phi) is 10.6. The van der Waals surface area contributed by atoms with Crippen LogP contribution in [0.25, 0.3) is 0 Å². The van der Waals surface area contributed by atoms with E-state index in [0.29, 0.717) is 19.0 Å². The minimum Gasteiger partial charge on any atom is -0.493 e. The summed E-state index contributed by atoms with van der Waals surface area (Å²) in [6.07, 6.45) is -0.710. The molecule has 7 nitrogen and oxygen atoms in total. The number of esters is 1. The molecule has 33 heavy (non-hydrogen) atoms. The fourth-order valence-electron chi connectivity index (χ4n) is 2.77. The zero-order chi connectivity index (χ0) is 24.6. The van der Waals surface area contributed by atoms with E-state index in [1.165, 1.54) is 31.2 Å². The van der Waals surface area contributed by atoms with E-state index in [-0.39, 0.29) is 44.0 Å². The van der Waals surface area contributed by atoms with Gasteiger partial charge in [0, 0.05) is 20.0 Å². The molecule has 0 aliphatic heterocycles. The summed E-state index contributed by atoms with van der Waals surface area (Å²) < 4.78 is 47.4. The standard InChI is InChI=1S/C22H25Cl3O7S/c1-14(11-29-3)12-30-16-4-6-18(7-5-16)33(27,28)19-8-20(24)22(21(25)9-19)31-13-17(10-23)32-15(2)26/h4-9,14,17H,10-13H2,1-3H3. The monoisotopic (exact) mass is 538 g/mol. The van der Waals surface area contributed by atoms with Crippen molar-refractivity contribution in [2.24, 2.45) is 5.92 Å². The molecule has 0 aliphatic rings. The second kappa shape index (κ2) is 12.7. The summed E-state index contributed by atoms with van der Waals surface area (Å²) in [5.74, 6) is 0.291. The molecular formula is C22H25Cl3O7S. The van der Waals surface area contributed by atoms with Crippen LogP contribution in [0.2, 0.25) is 10.0 Å². The van der Waals surface area contributed by atoms with Gasteiger partial charge < -0.3 is 18.9 Å². The number of carbonyl (C=O) groups is 1. The molecule has 0 amide bonds. The maximum atomic E-state index is 13.1. The van der Waals surface area contributed by atoms with Crippen molar-refractivity contribution in [2.75, 3.05) is 32.8 Å². The van der Waals surface area contributed by atoms with Gasteiger partial charge in [-0.3, -0.25) is 4.79 Å². The van der Waals surface area contributed by atoms with Gasteiger partial charge in [-0.2, -0.15) is 0 Å². The summed E-state index contributed by atoms with van der Waals surface area (Å²) in [5, 5.41) is -0.0198. The summed E-state index contributed by atoms with van der Waals surface area (Å²) in [4.78, 5) is 11.1. The van der Waals surface area contributed by atoms with Crippen molar-refractivity contribution in [1.29, 1.82) is 0 Å². The van der Waals surface area contributed by atoms with Gasteiger partial charge in [0.25, 0.3) is 0 Å². The van der Waals surface area contributed by atoms with Crippen LogP contribution in [0.5, 0.6) is 11.5 Å². The summed E-state index contributed by atoms with van der Waals surface area (Å²) in [5.41, 5.74) is 0. The van der Waals surface area contributed by atoms with Gasteiger partial charge in [-0.25, -0.2) is 8.42 Å². The number of benzene rings is 2. The van der Waals surface area contributed by atoms with Crippen LogP contribution in [0.1, 0.15) is 13.8 Å². The summed E-state index contributed by atoms with van der Waals surface area (Å²) in [7, 11) is -2.28. The van der Waals surface area contributed by atoms with Crippen molar-refractivity contribution < 1.29 is 32.2 Å². The first kappa shape index (κ1) is 27.5. The van der Waals surface area contributed by atoms with E-state index < -0.39 is 21.9 Å². The van der Waals surface area contributed by atoms with E-state index >= 15 is 0 Å². The molecule has 0 N–H and O–H groups in total. The van der Waals surface area contributed by atoms with Gasteiger partial charge in [0.2, 0.25) is 9.84 Å². The first-order chi connectivity index (χ1) is 15.6. The third kappa shape index (κ3) is 7.93. The molecule has 0 saturated heterocycles. The van der Waals surface area contributed by atoms with Crippen molar-refractivity contribution in [3.8, 4) is 11.5 Å². The lowest BCUT2D eigenvalue weighted by Crippen LogP contribution is -2.25. The normalized spacial score (nSPS) is 13.3. The lowest BCUT2D eigenvalue weighted by atomic mass is 10.2. The Morgan fingerprint density at radius 3 is 2.09 bits per heavy atom. The fourth-order valence-corrected chi connectivity index (χ4v) is 4.96. The summed E-state index contributed by atoms with van der Waals surface area (Å²) in [6, 6.07) is 8.54. The molecular weight excluding hydrogens is 515 g/mol. The van der Waals surface area contributed by atoms with Gasteiger partial charge in [-0.15, -0.1) is 11.6 Å². The Hall–Kier alpha value is -1.71. The first-order valence-corrected chi connectivity index (χ1v) is 12.7. The van der Waals surface area contributed by atoms with Gasteiger partial charge in [0.1, 0.15) is 18.5 Å². The minimum absolute atomic E-state index is 0.00623. The summed E-state index contributed by atoms with van der Waals surface area (Å²) in [6.45, 7) is 4.13. The molecule has 0 fully saturated rings. The number of alkyl halides is 1. The van der Waals surface area contributed by atoms with Crippen LogP contribution >= 0.6 is 34.8 Å². The third-order valence-electron chi connectivity index (χ3n) is 4.32. The Morgan fingerprint density at radius 1 is 0.970 bits per heavy atom. The molecule has 0 radical (unpaired) electrons. The van der Waals surface area contributed by atoms with Gasteiger partial charge in [0.15, 0.2) is 5.75 Å². The SMILES string of the molecule is COCC(C)COc1ccc(S(=O)(=O)c2cc(Cl)c(OCC(CCl)OC(C)=O)c(Cl)c2)cc1. The van der Waals surface area contributed by atoms with E-state index in [1.807, 2.05) is 6.92 Å². The lowest BCUT2D eigenvalue weighted by molar-refractivity contribution is -0.146. The Morgan fingerprint density at radius 2 is 1.58 bits per heavy atom. The molecule has 2 aromatic rings. The molecule has 2 rings (SSSR count). The third-order valence-corrected chi connectivity index (χ3v) is 6.97. The molecule has 0 aromatic heterocycles. The molecule has 0 spiro atoms. The lowest BCUT2D eigenvalue weighted by Gasteiger charge is -2.17. The van der Waals surface area contributed by atoms with E-state index in [0.717, 1.165) is 0 Å². The largest absolute Gasteiger partial charge is 0.493 e. The van der Waals surface area contributed by atoms with Crippen LogP contribution < -0.4 is 9.47 Å². The van der Waals surface area contributed by atoms with E-state index in [4.69, 9.17) is 53.8 Å². The molecule has 0 saturated carbocycles. The summed E-state index contributed by atoms with van der Waals surface area (Å²) >= 11 is 18.2. The van der Waals surface area contributed by atoms with Crippen molar-refractivity contribution in [3.63, 3.8) is 0 Å². The van der Waals surface area contributed by atoms with Crippen molar-refractivity contribution in [3.05, 3.63) is 46.4 Å². The van der Waals surface area contributed by atoms with Crippen molar-refractivity contribution in [2.45, 2.75) is 29.7 Å². The molecule has 2 unspecified atom stereocenters. The Bertz CT molecular complexity index is 1020. The Labute approximate surface area is 208 Å². The molecule has 0 heterocycles. The van der Waals surface area contributed by atoms with E-state index in [9.17, 15) is 13.2 Å². The van der Waals surface area contributed by atoms with Crippen LogP contribution in [-0.2, 0) is 24.1 Å². The van der Waals surface area contributed by atoms with Gasteiger partial charge in [-0.1, -0.05) is 30.1 Å². The van der Waals surface area contributed by atoms with Crippen LogP contribution in [0.4, 0.5) is 0 Å². The molecule has 0 bridgehead atoms. The fraction of sp³-hybridized carbons (Fsp3) is 0.409. The second-order valence-electron chi connectivity index (χ2n) is 7.26. The molecule has 2 aromatic carbocycles. The quantitative estimate of drug-likeness (QED) is 0.276. The zero-order valence-corrected chi connectivity index (χ0v) is 21.4. The molecule has 182 valence electrons. The predicted molar refractivity (Wildman–Crippen MR) is 127 cm³/mol. The zero-order valence-electron chi connectivity index (χ0n) is 18.3. The van der Waals surface area contributed by atoms with Crippen molar-refractivity contribution in [1.82, 2.24) is 0 Å². The van der Waals surface area contributed by atoms with Crippen LogP contribution in [0.3, 0.4) is 0 Å². The number of carbonyl (C=O) groups excluding carboxylic acids is 1. The first-order valence-electron chi connectivity index (χ1n) is 9.90. The number of ether oxygens (including phenoxy) is 4. The average molecular weight is 540 g/mol. The van der Waals surface area contributed by atoms with Crippen LogP contribution in [0, 0.1) is 5.92 Å². The molecule has 2 atom stereocenters. The average Bonchev–Trinajstić information content (AvgIpc) is 2.76. The Balaban J connectivity index is 2.16. The minimum atomic E-state index is -3.90. The highest BCUT2D eigenvalue weighted by Crippen LogP contribution is 2.37. The number of hydrogen-bond acceptors (Lipinski definition) is 7. The number of hydrogen-bond donors (Lipinski definition) is 0. The van der Waals surface area contributed by atoms with Crippen molar-refractivity contribution >= 4 is 50.6 Å². The molecule has 0 aliphatic carbocycles. The number of methoxy groups -OCH3 is 1. The van der Waals surface area contributed by atoms with E-state index in [1.54, 1.807) is 19.2 Å². The maximum Gasteiger partial charge on any atom is 0.303 e. The highest BCUT2D eigenvalue weighted by Gasteiger charge is 2.22. The van der Waals surface area contributed by atoms with Crippen LogP contribution in [-0.4, -0.2) is 53.3 Å². The predicted octanol–water partition coefficient (Wildman–Crippen LogP) is 5.04. The van der Waals surface area contributed by atoms with Gasteiger partial charge in [0.05, 0.1) is 38.9 Å². The number of sulfone groups is 1. The van der Waals surface area contributed by atoms with Gasteiger partial charge >= 0.3 is 5.97 Å².